The van der Waals surface area contributed by atoms with E-state index in [1.807, 2.05) is 31.2 Å². The van der Waals surface area contributed by atoms with Gasteiger partial charge in [-0.15, -0.1) is 10.2 Å². The number of anilines is 1. The molecule has 2 aliphatic heterocycles. The van der Waals surface area contributed by atoms with Gasteiger partial charge in [-0.3, -0.25) is 14.5 Å². The molecule has 11 heteroatoms. The highest BCUT2D eigenvalue weighted by atomic mass is 35.5. The largest absolute Gasteiger partial charge is 0.507 e. The Morgan fingerprint density at radius 2 is 1.93 bits per heavy atom. The van der Waals surface area contributed by atoms with Crippen LogP contribution in [0.4, 0.5) is 5.13 Å². The smallest absolute Gasteiger partial charge is 0.301 e. The summed E-state index contributed by atoms with van der Waals surface area (Å²) < 4.78 is 6.38. The van der Waals surface area contributed by atoms with Crippen LogP contribution in [0.3, 0.4) is 0 Å². The van der Waals surface area contributed by atoms with E-state index in [9.17, 15) is 14.7 Å². The zero-order valence-corrected chi connectivity index (χ0v) is 24.2. The van der Waals surface area contributed by atoms with Crippen molar-refractivity contribution in [3.8, 4) is 5.75 Å². The van der Waals surface area contributed by atoms with Gasteiger partial charge >= 0.3 is 5.91 Å². The van der Waals surface area contributed by atoms with Gasteiger partial charge in [-0.05, 0) is 60.0 Å². The molecule has 1 aromatic heterocycles. The summed E-state index contributed by atoms with van der Waals surface area (Å²) in [4.78, 5) is 28.2. The average molecular weight is 611 g/mol. The van der Waals surface area contributed by atoms with Crippen LogP contribution in [-0.4, -0.2) is 33.1 Å². The van der Waals surface area contributed by atoms with Crippen molar-refractivity contribution in [2.24, 2.45) is 0 Å². The van der Waals surface area contributed by atoms with Crippen LogP contribution in [-0.2, 0) is 21.8 Å². The van der Waals surface area contributed by atoms with E-state index >= 15 is 0 Å². The van der Waals surface area contributed by atoms with E-state index in [-0.39, 0.29) is 22.6 Å². The molecule has 0 spiro atoms. The Kier molecular flexibility index (Phi) is 7.31. The molecule has 1 amide bonds. The van der Waals surface area contributed by atoms with E-state index in [1.54, 1.807) is 42.5 Å². The Hall–Kier alpha value is -3.37. The first kappa shape index (κ1) is 26.8. The summed E-state index contributed by atoms with van der Waals surface area (Å²) in [5.41, 5.74) is 2.81. The van der Waals surface area contributed by atoms with Crippen LogP contribution in [0, 0.1) is 0 Å². The van der Waals surface area contributed by atoms with Gasteiger partial charge in [0.25, 0.3) is 5.78 Å². The lowest BCUT2D eigenvalue weighted by Crippen LogP contribution is -2.29. The van der Waals surface area contributed by atoms with Crippen molar-refractivity contribution in [1.82, 2.24) is 10.2 Å². The normalized spacial score (nSPS) is 19.6. The quantitative estimate of drug-likeness (QED) is 0.0820. The number of fused-ring (bicyclic) bond motifs is 1. The first-order valence-corrected chi connectivity index (χ1v) is 14.9. The van der Waals surface area contributed by atoms with Crippen LogP contribution in [0.1, 0.15) is 35.2 Å². The maximum absolute atomic E-state index is 13.5. The van der Waals surface area contributed by atoms with E-state index in [1.165, 1.54) is 28.0 Å². The second-order valence-electron chi connectivity index (χ2n) is 9.41. The van der Waals surface area contributed by atoms with Crippen LogP contribution in [0.5, 0.6) is 5.75 Å². The zero-order valence-electron chi connectivity index (χ0n) is 21.0. The minimum atomic E-state index is -0.948. The topological polar surface area (TPSA) is 92.6 Å². The first-order chi connectivity index (χ1) is 19.3. The summed E-state index contributed by atoms with van der Waals surface area (Å²) in [6, 6.07) is 18.7. The molecule has 1 N–H and O–H groups in total. The van der Waals surface area contributed by atoms with Gasteiger partial charge in [-0.25, -0.2) is 0 Å². The highest BCUT2D eigenvalue weighted by Gasteiger charge is 2.48. The van der Waals surface area contributed by atoms with Crippen LogP contribution in [0.2, 0.25) is 10.0 Å². The van der Waals surface area contributed by atoms with E-state index in [0.29, 0.717) is 37.7 Å². The van der Waals surface area contributed by atoms with Crippen LogP contribution < -0.4 is 9.64 Å². The van der Waals surface area contributed by atoms with Crippen molar-refractivity contribution in [3.05, 3.63) is 105 Å². The summed E-state index contributed by atoms with van der Waals surface area (Å²) in [7, 11) is 0. The number of ether oxygens (including phenoxy) is 1. The number of carbonyl (C=O) groups excluding carboxylic acids is 2. The summed E-state index contributed by atoms with van der Waals surface area (Å²) in [6.07, 6.45) is 0.703. The summed E-state index contributed by atoms with van der Waals surface area (Å²) in [6.45, 7) is 1.97. The molecule has 1 saturated heterocycles. The standard InChI is InChI=1S/C29H21Cl2N3O4S2/c1-15-11-19-12-17(9-10-22(19)38-15)25(35)23-24(16-6-4-7-20(30)13-16)34(27(37)26(23)36)28-32-33-29(40-28)39-14-18-5-2-3-8-21(18)31/h2-10,12-13,15,24,35H,11,14H2,1H3/b25-23+/t15-,24-/m1/s1. The number of hydrogen-bond acceptors (Lipinski definition) is 8. The number of halogens is 2. The Labute approximate surface area is 248 Å². The molecule has 0 bridgehead atoms. The Morgan fingerprint density at radius 3 is 2.73 bits per heavy atom. The number of benzene rings is 3. The second kappa shape index (κ2) is 10.9. The maximum atomic E-state index is 13.5. The van der Waals surface area contributed by atoms with Gasteiger partial charge < -0.3 is 9.84 Å². The fraction of sp³-hybridized carbons (Fsp3) is 0.172. The van der Waals surface area contributed by atoms with Gasteiger partial charge in [0, 0.05) is 27.8 Å². The molecule has 0 aliphatic carbocycles. The third kappa shape index (κ3) is 4.99. The van der Waals surface area contributed by atoms with Crippen molar-refractivity contribution < 1.29 is 19.4 Å². The fourth-order valence-electron chi connectivity index (χ4n) is 4.86. The molecule has 6 rings (SSSR count). The monoisotopic (exact) mass is 609 g/mol. The second-order valence-corrected chi connectivity index (χ2v) is 12.4. The van der Waals surface area contributed by atoms with Crippen molar-refractivity contribution >= 4 is 68.9 Å². The van der Waals surface area contributed by atoms with Crippen LogP contribution in [0.15, 0.2) is 76.6 Å². The molecule has 1 fully saturated rings. The van der Waals surface area contributed by atoms with E-state index < -0.39 is 17.7 Å². The molecule has 3 aromatic carbocycles. The SMILES string of the molecule is C[C@@H]1Cc2cc(/C(O)=C3\C(=O)C(=O)N(c4nnc(SCc5ccccc5Cl)s4)[C@@H]3c3cccc(Cl)c3)ccc2O1. The molecular formula is C29H21Cl2N3O4S2. The Morgan fingerprint density at radius 1 is 1.10 bits per heavy atom. The molecule has 7 nitrogen and oxygen atoms in total. The van der Waals surface area contributed by atoms with Crippen LogP contribution in [0.25, 0.3) is 5.76 Å². The minimum absolute atomic E-state index is 0.0202. The fourth-order valence-corrected chi connectivity index (χ4v) is 7.21. The maximum Gasteiger partial charge on any atom is 0.301 e. The number of rotatable bonds is 6. The van der Waals surface area contributed by atoms with Crippen molar-refractivity contribution in [2.75, 3.05) is 4.90 Å². The molecule has 2 aliphatic rings. The average Bonchev–Trinajstić information content (AvgIpc) is 3.63. The lowest BCUT2D eigenvalue weighted by Gasteiger charge is -2.22. The number of carbonyl (C=O) groups is 2. The predicted molar refractivity (Wildman–Crippen MR) is 157 cm³/mol. The molecule has 202 valence electrons. The number of nitrogens with zero attached hydrogens (tertiary/aromatic N) is 3. The van der Waals surface area contributed by atoms with E-state index in [2.05, 4.69) is 10.2 Å². The van der Waals surface area contributed by atoms with E-state index in [0.717, 1.165) is 16.9 Å². The third-order valence-corrected chi connectivity index (χ3v) is 9.40. The van der Waals surface area contributed by atoms with Crippen molar-refractivity contribution in [3.63, 3.8) is 0 Å². The Balaban J connectivity index is 1.39. The van der Waals surface area contributed by atoms with Crippen LogP contribution >= 0.6 is 46.3 Å². The predicted octanol–water partition coefficient (Wildman–Crippen LogP) is 7.09. The molecule has 3 heterocycles. The van der Waals surface area contributed by atoms with Crippen molar-refractivity contribution in [1.29, 1.82) is 0 Å². The van der Waals surface area contributed by atoms with Gasteiger partial charge in [0.05, 0.1) is 11.6 Å². The van der Waals surface area contributed by atoms with Gasteiger partial charge in [0.2, 0.25) is 5.13 Å². The first-order valence-electron chi connectivity index (χ1n) is 12.4. The zero-order chi connectivity index (χ0) is 28.0. The third-order valence-electron chi connectivity index (χ3n) is 6.69. The number of ketones is 1. The number of aliphatic hydroxyl groups is 1. The molecule has 0 unspecified atom stereocenters. The lowest BCUT2D eigenvalue weighted by atomic mass is 9.94. The lowest BCUT2D eigenvalue weighted by molar-refractivity contribution is -0.132. The number of amides is 1. The summed E-state index contributed by atoms with van der Waals surface area (Å²) >= 11 is 15.2. The molecule has 2 atom stereocenters. The van der Waals surface area contributed by atoms with E-state index in [4.69, 9.17) is 27.9 Å². The number of hydrogen-bond donors (Lipinski definition) is 1. The number of thioether (sulfide) groups is 1. The summed E-state index contributed by atoms with van der Waals surface area (Å²) in [5, 5.41) is 21.3. The van der Waals surface area contributed by atoms with Crippen molar-refractivity contribution in [2.45, 2.75) is 35.6 Å². The van der Waals surface area contributed by atoms with Gasteiger partial charge in [-0.2, -0.15) is 0 Å². The molecular weight excluding hydrogens is 589 g/mol. The molecule has 0 saturated carbocycles. The minimum Gasteiger partial charge on any atom is -0.507 e. The highest BCUT2D eigenvalue weighted by Crippen LogP contribution is 2.45. The Bertz CT molecular complexity index is 1690. The molecule has 4 aromatic rings. The number of aliphatic hydroxyl groups excluding tert-OH is 1. The number of aromatic nitrogens is 2. The van der Waals surface area contributed by atoms with Gasteiger partial charge in [0.1, 0.15) is 17.6 Å². The molecule has 0 radical (unpaired) electrons. The number of Topliss-reactive ketones (excluding diaryl/α,β-unsaturated/α-hetero) is 1. The van der Waals surface area contributed by atoms with Gasteiger partial charge in [-0.1, -0.05) is 76.6 Å². The summed E-state index contributed by atoms with van der Waals surface area (Å²) in [5.74, 6) is -0.583. The van der Waals surface area contributed by atoms with Gasteiger partial charge in [0.15, 0.2) is 4.34 Å². The molecule has 40 heavy (non-hydrogen) atoms. The highest BCUT2D eigenvalue weighted by molar-refractivity contribution is 8.00.